The molecule has 1 aliphatic carbocycles. The zero-order valence-corrected chi connectivity index (χ0v) is 22.2. The average Bonchev–Trinajstić information content (AvgIpc) is 3.40. The van der Waals surface area contributed by atoms with Crippen LogP contribution in [0, 0.1) is 11.8 Å². The van der Waals surface area contributed by atoms with Gasteiger partial charge in [-0.15, -0.1) is 0 Å². The second kappa shape index (κ2) is 11.0. The lowest BCUT2D eigenvalue weighted by molar-refractivity contribution is -0.939. The number of quaternary nitrogens is 1. The average molecular weight is 566 g/mol. The number of nitrogens with one attached hydrogen (secondary N) is 1. The molecule has 2 aromatic rings. The fourth-order valence-corrected chi connectivity index (χ4v) is 6.89. The third kappa shape index (κ3) is 5.45. The molecule has 4 fully saturated rings. The van der Waals surface area contributed by atoms with Crippen molar-refractivity contribution in [1.82, 2.24) is 9.97 Å². The first-order valence-corrected chi connectivity index (χ1v) is 13.3. The number of esters is 1. The molecule has 4 aliphatic rings. The van der Waals surface area contributed by atoms with E-state index < -0.39 is 11.6 Å². The number of amides is 1. The van der Waals surface area contributed by atoms with E-state index in [1.54, 1.807) is 12.3 Å². The van der Waals surface area contributed by atoms with Crippen LogP contribution in [0.3, 0.4) is 0 Å². The number of rotatable bonds is 7. The molecule has 2 atom stereocenters. The highest BCUT2D eigenvalue weighted by molar-refractivity contribution is 7.08. The highest BCUT2D eigenvalue weighted by atomic mass is 79.9. The third-order valence-electron chi connectivity index (χ3n) is 8.10. The first-order chi connectivity index (χ1) is 16.5. The molecular weight excluding hydrogens is 532 g/mol. The normalized spacial score (nSPS) is 27.9. The van der Waals surface area contributed by atoms with Gasteiger partial charge in [-0.3, -0.25) is 4.79 Å². The molecule has 0 radical (unpaired) electrons. The number of ether oxygens (including phenoxy) is 1. The van der Waals surface area contributed by atoms with Gasteiger partial charge in [0.25, 0.3) is 5.91 Å². The van der Waals surface area contributed by atoms with E-state index in [1.807, 2.05) is 16.8 Å². The van der Waals surface area contributed by atoms with Gasteiger partial charge in [-0.25, -0.2) is 14.8 Å². The van der Waals surface area contributed by atoms with Crippen LogP contribution >= 0.6 is 11.3 Å². The minimum Gasteiger partial charge on any atom is -1.00 e. The van der Waals surface area contributed by atoms with Gasteiger partial charge in [0.2, 0.25) is 0 Å². The van der Waals surface area contributed by atoms with Crippen LogP contribution in [-0.2, 0) is 19.9 Å². The van der Waals surface area contributed by atoms with Crippen LogP contribution in [0.1, 0.15) is 50.5 Å². The summed E-state index contributed by atoms with van der Waals surface area (Å²) in [5.74, 6) is 0.0424. The number of thiophene rings is 1. The Morgan fingerprint density at radius 3 is 2.60 bits per heavy atom. The second-order valence-electron chi connectivity index (χ2n) is 10.2. The summed E-state index contributed by atoms with van der Waals surface area (Å²) in [6.07, 6.45) is 9.41. The zero-order valence-electron chi connectivity index (χ0n) is 19.8. The first-order valence-electron chi connectivity index (χ1n) is 12.4. The van der Waals surface area contributed by atoms with Crippen molar-refractivity contribution in [2.24, 2.45) is 11.8 Å². The molecule has 2 N–H and O–H groups in total. The lowest BCUT2D eigenvalue weighted by atomic mass is 9.74. The highest BCUT2D eigenvalue weighted by Crippen LogP contribution is 2.43. The van der Waals surface area contributed by atoms with Crippen LogP contribution in [0.4, 0.5) is 5.82 Å². The summed E-state index contributed by atoms with van der Waals surface area (Å²) in [6, 6.07) is 3.52. The third-order valence-corrected chi connectivity index (χ3v) is 8.78. The van der Waals surface area contributed by atoms with Crippen molar-refractivity contribution in [3.8, 4) is 0 Å². The summed E-state index contributed by atoms with van der Waals surface area (Å²) in [7, 11) is 0. The highest BCUT2D eigenvalue weighted by Gasteiger charge is 2.52. The monoisotopic (exact) mass is 564 g/mol. The number of fused-ring (bicyclic) bond motifs is 3. The fraction of sp³-hybridized carbons (Fsp3) is 0.600. The van der Waals surface area contributed by atoms with Gasteiger partial charge in [0.1, 0.15) is 18.7 Å². The minimum atomic E-state index is -1.60. The number of anilines is 1. The molecule has 2 aromatic heterocycles. The van der Waals surface area contributed by atoms with Gasteiger partial charge >= 0.3 is 5.97 Å². The van der Waals surface area contributed by atoms with Crippen molar-refractivity contribution >= 4 is 29.0 Å². The van der Waals surface area contributed by atoms with E-state index in [-0.39, 0.29) is 40.8 Å². The zero-order chi connectivity index (χ0) is 23.6. The number of aliphatic hydroxyl groups is 1. The molecule has 0 spiro atoms. The smallest absolute Gasteiger partial charge is 0.343 e. The molecule has 0 aromatic carbocycles. The lowest BCUT2D eigenvalue weighted by Crippen LogP contribution is -3.00. The number of nitrogens with zero attached hydrogens (tertiary/aromatic N) is 3. The van der Waals surface area contributed by atoms with E-state index in [4.69, 9.17) is 4.74 Å². The van der Waals surface area contributed by atoms with Crippen LogP contribution in [0.25, 0.3) is 0 Å². The van der Waals surface area contributed by atoms with E-state index in [9.17, 15) is 14.7 Å². The van der Waals surface area contributed by atoms with E-state index in [0.29, 0.717) is 29.0 Å². The lowest BCUT2D eigenvalue weighted by Gasteiger charge is -2.52. The Labute approximate surface area is 220 Å². The molecule has 2 bridgehead atoms. The van der Waals surface area contributed by atoms with E-state index in [1.165, 1.54) is 17.7 Å². The Morgan fingerprint density at radius 1 is 1.17 bits per heavy atom. The molecule has 35 heavy (non-hydrogen) atoms. The predicted octanol–water partition coefficient (Wildman–Crippen LogP) is 0.101. The maximum Gasteiger partial charge on any atom is 0.343 e. The van der Waals surface area contributed by atoms with Crippen molar-refractivity contribution in [2.45, 2.75) is 56.7 Å². The standard InChI is InChI=1S/C25H32N4O4S.BrH/c30-23(28-22-6-10-26-17-27-22)15-29-11-7-18(8-12-29)21(14-29)33-24(31)25(32,20-9-13-34-16-20)19-4-2-1-3-5-19;/h6,9-10,13,16-19,21,32H,1-5,7-8,11-12,14-15H2;1H/t18?,21-,25?,29?;/m0./s1. The predicted molar refractivity (Wildman–Crippen MR) is 128 cm³/mol. The molecular formula is C25H33BrN4O4S. The molecule has 10 heteroatoms. The Kier molecular flexibility index (Phi) is 8.25. The van der Waals surface area contributed by atoms with Crippen molar-refractivity contribution < 1.29 is 40.9 Å². The molecule has 6 rings (SSSR count). The topological polar surface area (TPSA) is 101 Å². The second-order valence-corrected chi connectivity index (χ2v) is 10.9. The molecule has 1 saturated carbocycles. The molecule has 8 nitrogen and oxygen atoms in total. The van der Waals surface area contributed by atoms with E-state index in [2.05, 4.69) is 15.3 Å². The molecule has 5 heterocycles. The number of carbonyl (C=O) groups excluding carboxylic acids is 2. The van der Waals surface area contributed by atoms with E-state index in [0.717, 1.165) is 58.0 Å². The number of carbonyl (C=O) groups is 2. The van der Waals surface area contributed by atoms with Crippen LogP contribution in [0.5, 0.6) is 0 Å². The molecule has 1 amide bonds. The van der Waals surface area contributed by atoms with Gasteiger partial charge in [0.15, 0.2) is 18.2 Å². The largest absolute Gasteiger partial charge is 1.00 e. The van der Waals surface area contributed by atoms with Crippen LogP contribution in [0.15, 0.2) is 35.4 Å². The number of hydrogen-bond donors (Lipinski definition) is 2. The van der Waals surface area contributed by atoms with Gasteiger partial charge in [-0.2, -0.15) is 11.3 Å². The van der Waals surface area contributed by atoms with E-state index >= 15 is 0 Å². The van der Waals surface area contributed by atoms with Gasteiger partial charge in [-0.1, -0.05) is 19.3 Å². The SMILES string of the molecule is O=C(C[N+]12CCC(CC1)[C@@H](OC(=O)C(O)(c1ccsc1)C1CCCCC1)C2)Nc1ccncn1.[Br-]. The Hall–Kier alpha value is -1.88. The van der Waals surface area contributed by atoms with Gasteiger partial charge in [0, 0.05) is 36.4 Å². The summed E-state index contributed by atoms with van der Waals surface area (Å²) in [4.78, 5) is 34.3. The molecule has 190 valence electrons. The molecule has 3 aliphatic heterocycles. The maximum absolute atomic E-state index is 13.6. The number of halogens is 1. The maximum atomic E-state index is 13.6. The number of piperidine rings is 3. The Balaban J connectivity index is 0.00000289. The summed E-state index contributed by atoms with van der Waals surface area (Å²) < 4.78 is 6.74. The Bertz CT molecular complexity index is 994. The molecule has 3 saturated heterocycles. The minimum absolute atomic E-state index is 0. The molecule has 1 unspecified atom stereocenters. The summed E-state index contributed by atoms with van der Waals surface area (Å²) in [6.45, 7) is 2.72. The van der Waals surface area contributed by atoms with Crippen molar-refractivity contribution in [2.75, 3.05) is 31.5 Å². The first kappa shape index (κ1) is 26.2. The van der Waals surface area contributed by atoms with Crippen molar-refractivity contribution in [3.63, 3.8) is 0 Å². The number of hydrogen-bond acceptors (Lipinski definition) is 7. The van der Waals surface area contributed by atoms with Gasteiger partial charge in [0.05, 0.1) is 13.1 Å². The van der Waals surface area contributed by atoms with Gasteiger partial charge in [-0.05, 0) is 35.7 Å². The summed E-state index contributed by atoms with van der Waals surface area (Å²) in [5, 5.41) is 18.4. The summed E-state index contributed by atoms with van der Waals surface area (Å²) in [5.41, 5.74) is -0.939. The van der Waals surface area contributed by atoms with Crippen LogP contribution in [-0.4, -0.2) is 63.7 Å². The summed E-state index contributed by atoms with van der Waals surface area (Å²) >= 11 is 1.49. The quantitative estimate of drug-likeness (QED) is 0.365. The van der Waals surface area contributed by atoms with Gasteiger partial charge < -0.3 is 36.6 Å². The number of aromatic nitrogens is 2. The van der Waals surface area contributed by atoms with Crippen molar-refractivity contribution in [3.05, 3.63) is 41.0 Å². The fourth-order valence-electron chi connectivity index (χ4n) is 6.18. The van der Waals surface area contributed by atoms with Crippen LogP contribution < -0.4 is 22.3 Å². The Morgan fingerprint density at radius 2 is 1.94 bits per heavy atom. The van der Waals surface area contributed by atoms with Crippen molar-refractivity contribution in [1.29, 1.82) is 0 Å². The van der Waals surface area contributed by atoms with Crippen LogP contribution in [0.2, 0.25) is 0 Å².